The first-order valence-corrected chi connectivity index (χ1v) is 10.1. The molecule has 0 saturated carbocycles. The summed E-state index contributed by atoms with van der Waals surface area (Å²) >= 11 is 1.12. The van der Waals surface area contributed by atoms with Crippen molar-refractivity contribution in [3.8, 4) is 11.8 Å². The van der Waals surface area contributed by atoms with Crippen molar-refractivity contribution >= 4 is 33.1 Å². The molecule has 0 spiro atoms. The van der Waals surface area contributed by atoms with E-state index in [1.165, 1.54) is 5.56 Å². The number of nitriles is 1. The molecular formula is C22H24N3O3S+. The normalized spacial score (nSPS) is 11.8. The molecule has 1 aromatic heterocycles. The van der Waals surface area contributed by atoms with Crippen molar-refractivity contribution in [1.82, 2.24) is 0 Å². The maximum Gasteiger partial charge on any atom is 0.348 e. The zero-order valence-electron chi connectivity index (χ0n) is 16.7. The number of esters is 1. The summed E-state index contributed by atoms with van der Waals surface area (Å²) in [6.45, 7) is 3.28. The first kappa shape index (κ1) is 20.6. The number of nitrogens with zero attached hydrogens (tertiary/aromatic N) is 1. The first-order valence-electron chi connectivity index (χ1n) is 9.33. The largest absolute Gasteiger partial charge is 0.497 e. The van der Waals surface area contributed by atoms with Crippen molar-refractivity contribution in [3.05, 3.63) is 58.0 Å². The fourth-order valence-electron chi connectivity index (χ4n) is 3.36. The summed E-state index contributed by atoms with van der Waals surface area (Å²) in [4.78, 5) is 13.8. The van der Waals surface area contributed by atoms with Gasteiger partial charge in [0, 0.05) is 5.56 Å². The van der Waals surface area contributed by atoms with Gasteiger partial charge in [-0.15, -0.1) is 11.3 Å². The number of fused-ring (bicyclic) bond motifs is 1. The molecule has 0 aliphatic carbocycles. The van der Waals surface area contributed by atoms with Crippen LogP contribution in [-0.4, -0.2) is 26.7 Å². The molecule has 6 nitrogen and oxygen atoms in total. The molecule has 1 heterocycles. The third-order valence-electron chi connectivity index (χ3n) is 4.70. The minimum atomic E-state index is -0.423. The lowest BCUT2D eigenvalue weighted by Gasteiger charge is -2.15. The Morgan fingerprint density at radius 2 is 1.93 bits per heavy atom. The molecule has 3 aromatic rings. The number of nitrogens with two attached hydrogens (primary N) is 1. The number of anilines is 1. The third kappa shape index (κ3) is 4.50. The molecular weight excluding hydrogens is 386 g/mol. The van der Waals surface area contributed by atoms with E-state index in [-0.39, 0.29) is 6.61 Å². The smallest absolute Gasteiger partial charge is 0.348 e. The van der Waals surface area contributed by atoms with Crippen molar-refractivity contribution in [2.24, 2.45) is 0 Å². The summed E-state index contributed by atoms with van der Waals surface area (Å²) in [6, 6.07) is 14.4. The predicted molar refractivity (Wildman–Crippen MR) is 114 cm³/mol. The van der Waals surface area contributed by atoms with Gasteiger partial charge in [-0.1, -0.05) is 18.2 Å². The Morgan fingerprint density at radius 1 is 1.21 bits per heavy atom. The van der Waals surface area contributed by atoms with Gasteiger partial charge in [0.2, 0.25) is 0 Å². The Labute approximate surface area is 174 Å². The van der Waals surface area contributed by atoms with Gasteiger partial charge >= 0.3 is 5.97 Å². The molecule has 1 unspecified atom stereocenters. The molecule has 0 fully saturated rings. The maximum atomic E-state index is 12.3. The Kier molecular flexibility index (Phi) is 6.37. The molecule has 7 heteroatoms. The predicted octanol–water partition coefficient (Wildman–Crippen LogP) is 2.76. The Balaban J connectivity index is 1.82. The average molecular weight is 411 g/mol. The van der Waals surface area contributed by atoms with Crippen molar-refractivity contribution < 1.29 is 19.2 Å². The standard InChI is InChI=1S/C22H23N3O3S/c1-4-28-22(26)20-19(18(11-23)21(24)29-20)13-25(2)12-14-5-6-16-10-17(27-3)8-7-15(16)9-14/h5-10H,4,12-13,24H2,1-3H3/p+1. The van der Waals surface area contributed by atoms with Crippen LogP contribution in [0, 0.1) is 11.3 Å². The van der Waals surface area contributed by atoms with Crippen molar-refractivity contribution in [1.29, 1.82) is 5.26 Å². The zero-order valence-corrected chi connectivity index (χ0v) is 17.6. The molecule has 0 saturated heterocycles. The summed E-state index contributed by atoms with van der Waals surface area (Å²) in [5, 5.41) is 12.1. The SMILES string of the molecule is CCOC(=O)c1sc(N)c(C#N)c1C[NH+](C)Cc1ccc2cc(OC)ccc2c1. The van der Waals surface area contributed by atoms with E-state index >= 15 is 0 Å². The van der Waals surface area contributed by atoms with Crippen LogP contribution in [0.2, 0.25) is 0 Å². The summed E-state index contributed by atoms with van der Waals surface area (Å²) in [6.07, 6.45) is 0. The highest BCUT2D eigenvalue weighted by Crippen LogP contribution is 2.31. The molecule has 0 radical (unpaired) electrons. The number of benzene rings is 2. The Morgan fingerprint density at radius 3 is 2.62 bits per heavy atom. The van der Waals surface area contributed by atoms with Crippen LogP contribution < -0.4 is 15.4 Å². The van der Waals surface area contributed by atoms with Crippen LogP contribution in [0.4, 0.5) is 5.00 Å². The third-order valence-corrected chi connectivity index (χ3v) is 5.74. The van der Waals surface area contributed by atoms with E-state index in [4.69, 9.17) is 15.2 Å². The van der Waals surface area contributed by atoms with Crippen LogP contribution in [-0.2, 0) is 17.8 Å². The summed E-state index contributed by atoms with van der Waals surface area (Å²) < 4.78 is 10.4. The number of carbonyl (C=O) groups excluding carboxylic acids is 1. The summed E-state index contributed by atoms with van der Waals surface area (Å²) in [5.74, 6) is 0.409. The number of thiophene rings is 1. The molecule has 29 heavy (non-hydrogen) atoms. The van der Waals surface area contributed by atoms with Crippen LogP contribution in [0.15, 0.2) is 36.4 Å². The van der Waals surface area contributed by atoms with Gasteiger partial charge in [-0.2, -0.15) is 5.26 Å². The molecule has 3 rings (SSSR count). The van der Waals surface area contributed by atoms with Gasteiger partial charge in [0.25, 0.3) is 0 Å². The zero-order chi connectivity index (χ0) is 21.0. The van der Waals surface area contributed by atoms with E-state index in [1.54, 1.807) is 14.0 Å². The number of ether oxygens (including phenoxy) is 2. The minimum Gasteiger partial charge on any atom is -0.497 e. The molecule has 1 atom stereocenters. The van der Waals surface area contributed by atoms with Crippen molar-refractivity contribution in [2.45, 2.75) is 20.0 Å². The van der Waals surface area contributed by atoms with E-state index in [0.29, 0.717) is 27.5 Å². The maximum absolute atomic E-state index is 12.3. The van der Waals surface area contributed by atoms with Gasteiger partial charge < -0.3 is 20.1 Å². The summed E-state index contributed by atoms with van der Waals surface area (Å²) in [5.41, 5.74) is 8.18. The van der Waals surface area contributed by atoms with E-state index in [1.807, 2.05) is 25.2 Å². The second-order valence-electron chi connectivity index (χ2n) is 6.84. The lowest BCUT2D eigenvalue weighted by molar-refractivity contribution is -0.907. The van der Waals surface area contributed by atoms with E-state index in [2.05, 4.69) is 24.3 Å². The second-order valence-corrected chi connectivity index (χ2v) is 7.89. The van der Waals surface area contributed by atoms with Gasteiger partial charge in [0.1, 0.15) is 34.8 Å². The van der Waals surface area contributed by atoms with Gasteiger partial charge in [-0.05, 0) is 35.9 Å². The number of hydrogen-bond acceptors (Lipinski definition) is 6. The number of quaternary nitrogens is 1. The highest BCUT2D eigenvalue weighted by Gasteiger charge is 2.25. The fourth-order valence-corrected chi connectivity index (χ4v) is 4.29. The number of methoxy groups -OCH3 is 1. The lowest BCUT2D eigenvalue weighted by atomic mass is 10.1. The molecule has 0 amide bonds. The lowest BCUT2D eigenvalue weighted by Crippen LogP contribution is -3.06. The quantitative estimate of drug-likeness (QED) is 0.585. The molecule has 2 aromatic carbocycles. The van der Waals surface area contributed by atoms with Crippen LogP contribution in [0.3, 0.4) is 0 Å². The van der Waals surface area contributed by atoms with E-state index in [9.17, 15) is 10.1 Å². The van der Waals surface area contributed by atoms with E-state index < -0.39 is 5.97 Å². The van der Waals surface area contributed by atoms with Crippen molar-refractivity contribution in [3.63, 3.8) is 0 Å². The molecule has 150 valence electrons. The highest BCUT2D eigenvalue weighted by molar-refractivity contribution is 7.18. The molecule has 0 aliphatic heterocycles. The number of rotatable bonds is 7. The Bertz CT molecular complexity index is 1080. The van der Waals surface area contributed by atoms with Gasteiger partial charge in [0.05, 0.1) is 31.9 Å². The van der Waals surface area contributed by atoms with Crippen LogP contribution in [0.5, 0.6) is 5.75 Å². The number of hydrogen-bond donors (Lipinski definition) is 2. The Hall–Kier alpha value is -3.08. The van der Waals surface area contributed by atoms with Crippen LogP contribution >= 0.6 is 11.3 Å². The van der Waals surface area contributed by atoms with Crippen LogP contribution in [0.1, 0.15) is 33.3 Å². The summed E-state index contributed by atoms with van der Waals surface area (Å²) in [7, 11) is 3.69. The minimum absolute atomic E-state index is 0.280. The second kappa shape index (κ2) is 8.95. The van der Waals surface area contributed by atoms with Gasteiger partial charge in [0.15, 0.2) is 0 Å². The molecule has 0 aliphatic rings. The van der Waals surface area contributed by atoms with E-state index in [0.717, 1.165) is 39.3 Å². The van der Waals surface area contributed by atoms with Gasteiger partial charge in [-0.25, -0.2) is 4.79 Å². The number of nitrogen functional groups attached to an aromatic ring is 1. The average Bonchev–Trinajstić information content (AvgIpc) is 3.02. The monoisotopic (exact) mass is 410 g/mol. The fraction of sp³-hybridized carbons (Fsp3) is 0.273. The van der Waals surface area contributed by atoms with Crippen molar-refractivity contribution in [2.75, 3.05) is 26.5 Å². The molecule has 0 bridgehead atoms. The van der Waals surface area contributed by atoms with Gasteiger partial charge in [-0.3, -0.25) is 0 Å². The number of nitrogens with one attached hydrogen (secondary N) is 1. The van der Waals surface area contributed by atoms with Crippen LogP contribution in [0.25, 0.3) is 10.8 Å². The highest BCUT2D eigenvalue weighted by atomic mass is 32.1. The number of carbonyl (C=O) groups is 1. The molecule has 3 N–H and O–H groups in total. The topological polar surface area (TPSA) is 89.8 Å². The first-order chi connectivity index (χ1) is 14.0.